The lowest BCUT2D eigenvalue weighted by molar-refractivity contribution is -0.122. The third-order valence-electron chi connectivity index (χ3n) is 2.41. The highest BCUT2D eigenvalue weighted by atomic mass is 16.5. The van der Waals surface area contributed by atoms with Gasteiger partial charge in [-0.2, -0.15) is 0 Å². The summed E-state index contributed by atoms with van der Waals surface area (Å²) in [5.41, 5.74) is 7.31. The Bertz CT molecular complexity index is 352. The number of amides is 1. The van der Waals surface area contributed by atoms with Crippen LogP contribution in [0, 0.1) is 13.8 Å². The Morgan fingerprint density at radius 2 is 2.12 bits per heavy atom. The summed E-state index contributed by atoms with van der Waals surface area (Å²) < 4.78 is 5.05. The Morgan fingerprint density at radius 1 is 1.50 bits per heavy atom. The fourth-order valence-corrected chi connectivity index (χ4v) is 1.77. The van der Waals surface area contributed by atoms with Crippen molar-refractivity contribution in [2.24, 2.45) is 5.73 Å². The number of hydrogen-bond donors (Lipinski definition) is 2. The minimum atomic E-state index is -0.128. The number of nitrogens with one attached hydrogen (secondary N) is 1. The number of rotatable bonds is 4. The summed E-state index contributed by atoms with van der Waals surface area (Å²) in [4.78, 5) is 11.5. The molecule has 2 unspecified atom stereocenters. The number of aromatic nitrogens is 1. The Kier molecular flexibility index (Phi) is 4.06. The summed E-state index contributed by atoms with van der Waals surface area (Å²) in [6, 6.07) is -0.227. The van der Waals surface area contributed by atoms with Crippen molar-refractivity contribution in [3.05, 3.63) is 17.0 Å². The van der Waals surface area contributed by atoms with Crippen molar-refractivity contribution >= 4 is 5.91 Å². The third kappa shape index (κ3) is 3.06. The highest BCUT2D eigenvalue weighted by Crippen LogP contribution is 2.20. The predicted octanol–water partition coefficient (Wildman–Crippen LogP) is 1.21. The van der Waals surface area contributed by atoms with E-state index in [1.807, 2.05) is 20.8 Å². The molecular weight excluding hydrogens is 206 g/mol. The molecule has 0 fully saturated rings. The zero-order valence-electron chi connectivity index (χ0n) is 10.2. The monoisotopic (exact) mass is 225 g/mol. The first-order valence-corrected chi connectivity index (χ1v) is 5.39. The van der Waals surface area contributed by atoms with E-state index in [0.717, 1.165) is 17.0 Å². The molecule has 0 radical (unpaired) electrons. The van der Waals surface area contributed by atoms with E-state index in [9.17, 15) is 4.79 Å². The second-order valence-electron chi connectivity index (χ2n) is 4.21. The van der Waals surface area contributed by atoms with Crippen LogP contribution in [0.3, 0.4) is 0 Å². The molecule has 0 saturated carbocycles. The largest absolute Gasteiger partial charge is 0.361 e. The molecule has 2 atom stereocenters. The number of carbonyl (C=O) groups is 1. The van der Waals surface area contributed by atoms with E-state index in [1.165, 1.54) is 0 Å². The summed E-state index contributed by atoms with van der Waals surface area (Å²) >= 11 is 0. The van der Waals surface area contributed by atoms with Gasteiger partial charge in [-0.3, -0.25) is 4.79 Å². The lowest BCUT2D eigenvalue weighted by Crippen LogP contribution is -2.32. The zero-order chi connectivity index (χ0) is 12.3. The first-order valence-electron chi connectivity index (χ1n) is 5.39. The smallest absolute Gasteiger partial charge is 0.222 e. The van der Waals surface area contributed by atoms with Gasteiger partial charge in [-0.1, -0.05) is 5.16 Å². The van der Waals surface area contributed by atoms with Gasteiger partial charge in [0.05, 0.1) is 11.7 Å². The maximum Gasteiger partial charge on any atom is 0.222 e. The van der Waals surface area contributed by atoms with Gasteiger partial charge in [-0.15, -0.1) is 0 Å². The Morgan fingerprint density at radius 3 is 2.56 bits per heavy atom. The van der Waals surface area contributed by atoms with Gasteiger partial charge in [0.1, 0.15) is 5.76 Å². The number of hydrogen-bond acceptors (Lipinski definition) is 4. The molecule has 0 aliphatic carbocycles. The van der Waals surface area contributed by atoms with Crippen LogP contribution in [-0.4, -0.2) is 17.1 Å². The molecule has 0 aromatic carbocycles. The quantitative estimate of drug-likeness (QED) is 0.807. The van der Waals surface area contributed by atoms with E-state index in [1.54, 1.807) is 6.92 Å². The molecule has 0 bridgehead atoms. The molecule has 5 heteroatoms. The van der Waals surface area contributed by atoms with Crippen molar-refractivity contribution in [2.75, 3.05) is 0 Å². The van der Waals surface area contributed by atoms with E-state index >= 15 is 0 Å². The maximum absolute atomic E-state index is 11.5. The highest BCUT2D eigenvalue weighted by molar-refractivity contribution is 5.77. The van der Waals surface area contributed by atoms with Crippen molar-refractivity contribution in [3.63, 3.8) is 0 Å². The standard InChI is InChI=1S/C11H19N3O2/c1-6(12)5-10(15)13-7(2)11-8(3)14-16-9(11)4/h6-7H,5,12H2,1-4H3,(H,13,15). The normalized spacial score (nSPS) is 14.6. The van der Waals surface area contributed by atoms with E-state index in [4.69, 9.17) is 10.3 Å². The molecule has 5 nitrogen and oxygen atoms in total. The molecule has 1 rings (SSSR count). The molecule has 1 heterocycles. The topological polar surface area (TPSA) is 81.2 Å². The summed E-state index contributed by atoms with van der Waals surface area (Å²) in [7, 11) is 0. The average molecular weight is 225 g/mol. The van der Waals surface area contributed by atoms with Gasteiger partial charge in [0, 0.05) is 18.0 Å². The second-order valence-corrected chi connectivity index (χ2v) is 4.21. The van der Waals surface area contributed by atoms with Crippen LogP contribution < -0.4 is 11.1 Å². The minimum Gasteiger partial charge on any atom is -0.361 e. The van der Waals surface area contributed by atoms with E-state index in [2.05, 4.69) is 10.5 Å². The number of nitrogens with zero attached hydrogens (tertiary/aromatic N) is 1. The first kappa shape index (κ1) is 12.7. The Hall–Kier alpha value is -1.36. The average Bonchev–Trinajstić information content (AvgIpc) is 2.44. The van der Waals surface area contributed by atoms with E-state index in [-0.39, 0.29) is 18.0 Å². The minimum absolute atomic E-state index is 0.0532. The molecule has 3 N–H and O–H groups in total. The SMILES string of the molecule is Cc1noc(C)c1C(C)NC(=O)CC(C)N. The van der Waals surface area contributed by atoms with Crippen LogP contribution in [0.25, 0.3) is 0 Å². The summed E-state index contributed by atoms with van der Waals surface area (Å²) in [5, 5.41) is 6.73. The van der Waals surface area contributed by atoms with Crippen LogP contribution in [0.15, 0.2) is 4.52 Å². The fraction of sp³-hybridized carbons (Fsp3) is 0.636. The van der Waals surface area contributed by atoms with E-state index < -0.39 is 0 Å². The first-order chi connectivity index (χ1) is 7.41. The second kappa shape index (κ2) is 5.12. The highest BCUT2D eigenvalue weighted by Gasteiger charge is 2.18. The molecule has 1 aromatic rings. The van der Waals surface area contributed by atoms with Crippen LogP contribution in [0.1, 0.15) is 43.3 Å². The number of carbonyl (C=O) groups excluding carboxylic acids is 1. The molecule has 0 saturated heterocycles. The van der Waals surface area contributed by atoms with Crippen molar-refractivity contribution in [1.82, 2.24) is 10.5 Å². The Balaban J connectivity index is 2.66. The van der Waals surface area contributed by atoms with E-state index in [0.29, 0.717) is 6.42 Å². The zero-order valence-corrected chi connectivity index (χ0v) is 10.2. The summed E-state index contributed by atoms with van der Waals surface area (Å²) in [6.45, 7) is 7.41. The molecule has 0 aliphatic rings. The van der Waals surface area contributed by atoms with Gasteiger partial charge in [-0.05, 0) is 27.7 Å². The predicted molar refractivity (Wildman–Crippen MR) is 60.8 cm³/mol. The van der Waals surface area contributed by atoms with Gasteiger partial charge in [0.25, 0.3) is 0 Å². The molecule has 16 heavy (non-hydrogen) atoms. The fourth-order valence-electron chi connectivity index (χ4n) is 1.77. The van der Waals surface area contributed by atoms with Crippen molar-refractivity contribution in [1.29, 1.82) is 0 Å². The maximum atomic E-state index is 11.5. The number of aryl methyl sites for hydroxylation is 2. The third-order valence-corrected chi connectivity index (χ3v) is 2.41. The molecule has 0 aliphatic heterocycles. The molecule has 1 aromatic heterocycles. The van der Waals surface area contributed by atoms with Gasteiger partial charge >= 0.3 is 0 Å². The molecule has 1 amide bonds. The van der Waals surface area contributed by atoms with Gasteiger partial charge < -0.3 is 15.6 Å². The van der Waals surface area contributed by atoms with Crippen LogP contribution in [0.4, 0.5) is 0 Å². The summed E-state index contributed by atoms with van der Waals surface area (Å²) in [6.07, 6.45) is 0.327. The van der Waals surface area contributed by atoms with Crippen molar-refractivity contribution in [2.45, 2.75) is 46.2 Å². The van der Waals surface area contributed by atoms with Gasteiger partial charge in [-0.25, -0.2) is 0 Å². The van der Waals surface area contributed by atoms with Crippen LogP contribution >= 0.6 is 0 Å². The summed E-state index contributed by atoms with van der Waals surface area (Å²) in [5.74, 6) is 0.689. The Labute approximate surface area is 95.4 Å². The van der Waals surface area contributed by atoms with Crippen LogP contribution in [0.5, 0.6) is 0 Å². The molecular formula is C11H19N3O2. The lowest BCUT2D eigenvalue weighted by atomic mass is 10.1. The lowest BCUT2D eigenvalue weighted by Gasteiger charge is -2.14. The van der Waals surface area contributed by atoms with Crippen molar-refractivity contribution in [3.8, 4) is 0 Å². The number of nitrogens with two attached hydrogens (primary N) is 1. The van der Waals surface area contributed by atoms with Crippen LogP contribution in [-0.2, 0) is 4.79 Å². The van der Waals surface area contributed by atoms with Gasteiger partial charge in [0.15, 0.2) is 0 Å². The molecule has 90 valence electrons. The van der Waals surface area contributed by atoms with Gasteiger partial charge in [0.2, 0.25) is 5.91 Å². The molecule has 0 spiro atoms. The van der Waals surface area contributed by atoms with Crippen LogP contribution in [0.2, 0.25) is 0 Å². The van der Waals surface area contributed by atoms with Crippen molar-refractivity contribution < 1.29 is 9.32 Å².